The van der Waals surface area contributed by atoms with Crippen LogP contribution in [-0.4, -0.2) is 32.3 Å². The summed E-state index contributed by atoms with van der Waals surface area (Å²) in [6.07, 6.45) is 0. The Morgan fingerprint density at radius 3 is 2.21 bits per heavy atom. The maximum Gasteiger partial charge on any atom is 0.243 e. The molecule has 174 valence electrons. The lowest BCUT2D eigenvalue weighted by molar-refractivity contribution is -0.122. The highest BCUT2D eigenvalue weighted by Gasteiger charge is 2.27. The van der Waals surface area contributed by atoms with Gasteiger partial charge in [0, 0.05) is 11.6 Å². The highest BCUT2D eigenvalue weighted by atomic mass is 35.5. The summed E-state index contributed by atoms with van der Waals surface area (Å²) in [4.78, 5) is 12.8. The van der Waals surface area contributed by atoms with Crippen LogP contribution in [0.15, 0.2) is 77.7 Å². The second kappa shape index (κ2) is 10.8. The Balaban J connectivity index is 1.81. The van der Waals surface area contributed by atoms with E-state index in [-0.39, 0.29) is 17.5 Å². The molecule has 1 N–H and O–H groups in total. The van der Waals surface area contributed by atoms with Gasteiger partial charge in [0.25, 0.3) is 0 Å². The summed E-state index contributed by atoms with van der Waals surface area (Å²) >= 11 is 5.89. The Morgan fingerprint density at radius 1 is 1.03 bits per heavy atom. The first-order valence-corrected chi connectivity index (χ1v) is 11.9. The van der Waals surface area contributed by atoms with Gasteiger partial charge in [-0.3, -0.25) is 4.79 Å². The first-order valence-electron chi connectivity index (χ1n) is 10.1. The van der Waals surface area contributed by atoms with Gasteiger partial charge in [0.05, 0.1) is 24.6 Å². The second-order valence-corrected chi connectivity index (χ2v) is 9.79. The minimum atomic E-state index is -4.03. The molecule has 0 unspecified atom stereocenters. The molecule has 1 atom stereocenters. The molecule has 33 heavy (non-hydrogen) atoms. The zero-order valence-corrected chi connectivity index (χ0v) is 19.7. The number of carbonyl (C=O) groups excluding carboxylic acids is 1. The van der Waals surface area contributed by atoms with Crippen LogP contribution >= 0.6 is 11.6 Å². The van der Waals surface area contributed by atoms with Crippen molar-refractivity contribution >= 4 is 27.5 Å². The van der Waals surface area contributed by atoms with Crippen molar-refractivity contribution in [3.05, 3.63) is 94.8 Å². The summed E-state index contributed by atoms with van der Waals surface area (Å²) < 4.78 is 46.1. The van der Waals surface area contributed by atoms with Gasteiger partial charge in [-0.1, -0.05) is 35.9 Å². The number of rotatable bonds is 9. The van der Waals surface area contributed by atoms with Crippen molar-refractivity contribution in [1.29, 1.82) is 0 Å². The Hall–Kier alpha value is -2.94. The van der Waals surface area contributed by atoms with Crippen molar-refractivity contribution in [2.45, 2.75) is 24.4 Å². The molecule has 3 rings (SSSR count). The molecule has 0 spiro atoms. The average Bonchev–Trinajstić information content (AvgIpc) is 2.80. The predicted octanol–water partition coefficient (Wildman–Crippen LogP) is 4.56. The van der Waals surface area contributed by atoms with Gasteiger partial charge in [-0.05, 0) is 66.6 Å². The zero-order valence-electron chi connectivity index (χ0n) is 18.2. The minimum Gasteiger partial charge on any atom is -0.497 e. The lowest BCUT2D eigenvalue weighted by atomic mass is 10.1. The van der Waals surface area contributed by atoms with E-state index < -0.39 is 28.3 Å². The molecule has 0 radical (unpaired) electrons. The van der Waals surface area contributed by atoms with E-state index in [0.717, 1.165) is 9.87 Å². The van der Waals surface area contributed by atoms with Crippen LogP contribution < -0.4 is 10.1 Å². The van der Waals surface area contributed by atoms with Gasteiger partial charge in [-0.2, -0.15) is 4.31 Å². The Kier molecular flexibility index (Phi) is 8.07. The monoisotopic (exact) mass is 490 g/mol. The maximum atomic E-state index is 13.3. The Labute approximate surface area is 198 Å². The first-order chi connectivity index (χ1) is 15.7. The Morgan fingerprint density at radius 2 is 1.64 bits per heavy atom. The molecule has 0 aliphatic carbocycles. The number of nitrogens with zero attached hydrogens (tertiary/aromatic N) is 1. The lowest BCUT2D eigenvalue weighted by Crippen LogP contribution is -2.41. The van der Waals surface area contributed by atoms with E-state index in [1.54, 1.807) is 26.2 Å². The van der Waals surface area contributed by atoms with Crippen molar-refractivity contribution in [3.8, 4) is 5.75 Å². The van der Waals surface area contributed by atoms with E-state index >= 15 is 0 Å². The molecule has 0 saturated heterocycles. The summed E-state index contributed by atoms with van der Waals surface area (Å²) in [5.74, 6) is -0.216. The molecule has 0 saturated carbocycles. The molecule has 6 nitrogen and oxygen atoms in total. The third kappa shape index (κ3) is 6.54. The average molecular weight is 491 g/mol. The van der Waals surface area contributed by atoms with Crippen LogP contribution in [0.4, 0.5) is 4.39 Å². The molecule has 1 amide bonds. The van der Waals surface area contributed by atoms with Gasteiger partial charge >= 0.3 is 0 Å². The number of hydrogen-bond acceptors (Lipinski definition) is 4. The van der Waals surface area contributed by atoms with Crippen molar-refractivity contribution < 1.29 is 22.3 Å². The van der Waals surface area contributed by atoms with E-state index in [9.17, 15) is 17.6 Å². The summed E-state index contributed by atoms with van der Waals surface area (Å²) in [6, 6.07) is 18.0. The molecule has 0 bridgehead atoms. The fourth-order valence-corrected chi connectivity index (χ4v) is 4.71. The molecule has 3 aromatic rings. The molecule has 9 heteroatoms. The molecule has 0 aliphatic heterocycles. The zero-order chi connectivity index (χ0) is 24.0. The number of benzene rings is 3. The molecular formula is C24H24ClFN2O4S. The fraction of sp³-hybridized carbons (Fsp3) is 0.208. The van der Waals surface area contributed by atoms with Crippen molar-refractivity contribution in [3.63, 3.8) is 0 Å². The van der Waals surface area contributed by atoms with Crippen LogP contribution in [0.5, 0.6) is 5.75 Å². The highest BCUT2D eigenvalue weighted by Crippen LogP contribution is 2.21. The second-order valence-electron chi connectivity index (χ2n) is 7.42. The summed E-state index contributed by atoms with van der Waals surface area (Å²) in [5, 5.41) is 3.22. The number of methoxy groups -OCH3 is 1. The summed E-state index contributed by atoms with van der Waals surface area (Å²) in [5.41, 5.74) is 1.39. The third-order valence-corrected chi connectivity index (χ3v) is 7.09. The minimum absolute atomic E-state index is 0.00464. The van der Waals surface area contributed by atoms with Gasteiger partial charge in [-0.25, -0.2) is 12.8 Å². The van der Waals surface area contributed by atoms with Crippen molar-refractivity contribution in [2.24, 2.45) is 0 Å². The molecule has 0 aliphatic rings. The van der Waals surface area contributed by atoms with E-state index in [4.69, 9.17) is 16.3 Å². The smallest absolute Gasteiger partial charge is 0.243 e. The molecular weight excluding hydrogens is 467 g/mol. The van der Waals surface area contributed by atoms with E-state index in [1.165, 1.54) is 48.5 Å². The van der Waals surface area contributed by atoms with E-state index in [1.807, 2.05) is 12.1 Å². The SMILES string of the molecule is COc1ccc([C@@H](C)NC(=O)CN(Cc2ccc(F)cc2)S(=O)(=O)c2ccc(Cl)cc2)cc1. The molecule has 0 aromatic heterocycles. The molecule has 3 aromatic carbocycles. The van der Waals surface area contributed by atoms with Crippen LogP contribution in [0, 0.1) is 5.82 Å². The number of carbonyl (C=O) groups is 1. The number of sulfonamides is 1. The van der Waals surface area contributed by atoms with Crippen LogP contribution in [0.25, 0.3) is 0 Å². The van der Waals surface area contributed by atoms with Crippen LogP contribution in [-0.2, 0) is 21.4 Å². The van der Waals surface area contributed by atoms with Crippen LogP contribution in [0.3, 0.4) is 0 Å². The lowest BCUT2D eigenvalue weighted by Gasteiger charge is -2.23. The highest BCUT2D eigenvalue weighted by molar-refractivity contribution is 7.89. The van der Waals surface area contributed by atoms with Crippen LogP contribution in [0.1, 0.15) is 24.1 Å². The van der Waals surface area contributed by atoms with Gasteiger partial charge in [0.15, 0.2) is 0 Å². The fourth-order valence-electron chi connectivity index (χ4n) is 3.20. The van der Waals surface area contributed by atoms with Gasteiger partial charge in [0.1, 0.15) is 11.6 Å². The number of amides is 1. The van der Waals surface area contributed by atoms with Crippen LogP contribution in [0.2, 0.25) is 5.02 Å². The van der Waals surface area contributed by atoms with E-state index in [0.29, 0.717) is 16.3 Å². The summed E-state index contributed by atoms with van der Waals surface area (Å²) in [7, 11) is -2.46. The third-order valence-electron chi connectivity index (χ3n) is 5.04. The predicted molar refractivity (Wildman–Crippen MR) is 125 cm³/mol. The van der Waals surface area contributed by atoms with Crippen molar-refractivity contribution in [1.82, 2.24) is 9.62 Å². The normalized spacial score (nSPS) is 12.4. The number of hydrogen-bond donors (Lipinski definition) is 1. The molecule has 0 fully saturated rings. The largest absolute Gasteiger partial charge is 0.497 e. The number of halogens is 2. The summed E-state index contributed by atoms with van der Waals surface area (Å²) in [6.45, 7) is 1.29. The van der Waals surface area contributed by atoms with Crippen molar-refractivity contribution in [2.75, 3.05) is 13.7 Å². The quantitative estimate of drug-likeness (QED) is 0.477. The molecule has 0 heterocycles. The van der Waals surface area contributed by atoms with Gasteiger partial charge < -0.3 is 10.1 Å². The first kappa shape index (κ1) is 24.7. The maximum absolute atomic E-state index is 13.3. The number of nitrogens with one attached hydrogen (secondary N) is 1. The van der Waals surface area contributed by atoms with Gasteiger partial charge in [0.2, 0.25) is 15.9 Å². The van der Waals surface area contributed by atoms with E-state index in [2.05, 4.69) is 5.32 Å². The Bertz CT molecular complexity index is 1180. The standard InChI is InChI=1S/C24H24ClFN2O4S/c1-17(19-5-11-22(32-2)12-6-19)27-24(29)16-28(15-18-3-9-21(26)10-4-18)33(30,31)23-13-7-20(25)8-14-23/h3-14,17H,15-16H2,1-2H3,(H,27,29)/t17-/m1/s1. The number of ether oxygens (including phenoxy) is 1. The topological polar surface area (TPSA) is 75.7 Å². The van der Waals surface area contributed by atoms with Gasteiger partial charge in [-0.15, -0.1) is 0 Å².